The van der Waals surface area contributed by atoms with Crippen molar-refractivity contribution in [1.29, 1.82) is 0 Å². The molecule has 0 aliphatic heterocycles. The molecule has 9 heteroatoms. The summed E-state index contributed by atoms with van der Waals surface area (Å²) in [6, 6.07) is 17.8. The fraction of sp³-hybridized carbons (Fsp3) is 0.222. The van der Waals surface area contributed by atoms with Gasteiger partial charge >= 0.3 is 0 Å². The summed E-state index contributed by atoms with van der Waals surface area (Å²) >= 11 is 0. The predicted octanol–water partition coefficient (Wildman–Crippen LogP) is 4.35. The number of aldehydes is 1. The number of anilines is 2. The van der Waals surface area contributed by atoms with Crippen molar-refractivity contribution in [3.8, 4) is 11.3 Å². The van der Waals surface area contributed by atoms with E-state index in [1.54, 1.807) is 45.3 Å². The number of nitrogens with one attached hydrogen (secondary N) is 2. The normalized spacial score (nSPS) is 11.0. The van der Waals surface area contributed by atoms with Crippen LogP contribution in [0.4, 0.5) is 15.9 Å². The average Bonchev–Trinajstić information content (AvgIpc) is 2.86. The molecule has 0 spiro atoms. The molecule has 0 fully saturated rings. The molecule has 188 valence electrons. The molecule has 4 rings (SSSR count). The number of pyridine rings is 2. The van der Waals surface area contributed by atoms with Crippen molar-refractivity contribution in [3.63, 3.8) is 0 Å². The Hall–Kier alpha value is -3.92. The maximum atomic E-state index is 13.9. The summed E-state index contributed by atoms with van der Waals surface area (Å²) in [5.41, 5.74) is 11.4. The number of carbonyl (C=O) groups is 1. The highest BCUT2D eigenvalue weighted by Gasteiger charge is 2.11. The molecular formula is C27H30FN5O3. The van der Waals surface area contributed by atoms with Crippen LogP contribution in [-0.2, 0) is 11.4 Å². The molecule has 8 nitrogen and oxygen atoms in total. The second-order valence-corrected chi connectivity index (χ2v) is 8.68. The number of benzene rings is 2. The third kappa shape index (κ3) is 7.54. The Kier molecular flexibility index (Phi) is 9.02. The minimum Gasteiger partial charge on any atom is -0.396 e. The number of halogens is 1. The van der Waals surface area contributed by atoms with E-state index in [1.165, 1.54) is 12.1 Å². The lowest BCUT2D eigenvalue weighted by Gasteiger charge is -2.15. The van der Waals surface area contributed by atoms with Crippen molar-refractivity contribution >= 4 is 28.7 Å². The summed E-state index contributed by atoms with van der Waals surface area (Å²) in [4.78, 5) is 24.3. The molecule has 4 aromatic rings. The maximum Gasteiger partial charge on any atom is 0.152 e. The van der Waals surface area contributed by atoms with Crippen molar-refractivity contribution < 1.29 is 19.1 Å². The molecule has 0 bridgehead atoms. The number of hydroxylamine groups is 1. The van der Waals surface area contributed by atoms with Gasteiger partial charge in [-0.1, -0.05) is 18.2 Å². The minimum atomic E-state index is -0.733. The summed E-state index contributed by atoms with van der Waals surface area (Å²) in [6.07, 6.45) is 2.25. The van der Waals surface area contributed by atoms with Gasteiger partial charge in [0.1, 0.15) is 11.6 Å². The predicted molar refractivity (Wildman–Crippen MR) is 140 cm³/mol. The second-order valence-electron chi connectivity index (χ2n) is 8.68. The monoisotopic (exact) mass is 491 g/mol. The molecule has 0 amide bonds. The van der Waals surface area contributed by atoms with E-state index in [4.69, 9.17) is 15.7 Å². The number of nitrogen functional groups attached to an aromatic ring is 1. The number of carbonyl (C=O) groups excluding carboxylic acids is 1. The SMILES string of the molecule is CNOCC(C)(C)O.Nc1ccc(-c2ccc(C=O)c(F)c2)nc1NCc1ccc2ncccc2c1. The van der Waals surface area contributed by atoms with E-state index < -0.39 is 11.4 Å². The largest absolute Gasteiger partial charge is 0.396 e. The van der Waals surface area contributed by atoms with Crippen molar-refractivity contribution in [1.82, 2.24) is 15.4 Å². The van der Waals surface area contributed by atoms with Gasteiger partial charge in [-0.3, -0.25) is 14.6 Å². The first kappa shape index (κ1) is 26.7. The van der Waals surface area contributed by atoms with E-state index >= 15 is 0 Å². The summed E-state index contributed by atoms with van der Waals surface area (Å²) in [7, 11) is 1.66. The highest BCUT2D eigenvalue weighted by atomic mass is 19.1. The number of hydrogen-bond donors (Lipinski definition) is 4. The summed E-state index contributed by atoms with van der Waals surface area (Å²) < 4.78 is 13.9. The van der Waals surface area contributed by atoms with Gasteiger partial charge in [-0.25, -0.2) is 14.9 Å². The second kappa shape index (κ2) is 12.2. The van der Waals surface area contributed by atoms with Gasteiger partial charge in [0.2, 0.25) is 0 Å². The highest BCUT2D eigenvalue weighted by Crippen LogP contribution is 2.25. The van der Waals surface area contributed by atoms with Crippen LogP contribution in [0, 0.1) is 5.82 Å². The van der Waals surface area contributed by atoms with Gasteiger partial charge in [0, 0.05) is 30.7 Å². The maximum absolute atomic E-state index is 13.9. The topological polar surface area (TPSA) is 122 Å². The van der Waals surface area contributed by atoms with Crippen LogP contribution in [0.3, 0.4) is 0 Å². The summed E-state index contributed by atoms with van der Waals surface area (Å²) in [5, 5.41) is 13.3. The Morgan fingerprint density at radius 2 is 1.94 bits per heavy atom. The quantitative estimate of drug-likeness (QED) is 0.212. The first-order chi connectivity index (χ1) is 17.2. The zero-order valence-electron chi connectivity index (χ0n) is 20.5. The molecule has 2 heterocycles. The van der Waals surface area contributed by atoms with Crippen molar-refractivity contribution in [2.75, 3.05) is 24.7 Å². The number of fused-ring (bicyclic) bond motifs is 1. The lowest BCUT2D eigenvalue weighted by Crippen LogP contribution is -2.29. The smallest absolute Gasteiger partial charge is 0.152 e. The molecule has 0 atom stereocenters. The molecule has 36 heavy (non-hydrogen) atoms. The van der Waals surface area contributed by atoms with E-state index in [2.05, 4.69) is 26.8 Å². The Labute approximate surface area is 209 Å². The van der Waals surface area contributed by atoms with E-state index in [0.717, 1.165) is 16.5 Å². The van der Waals surface area contributed by atoms with E-state index in [0.29, 0.717) is 42.2 Å². The zero-order chi connectivity index (χ0) is 26.1. The number of aromatic nitrogens is 2. The number of aliphatic hydroxyl groups is 1. The Balaban J connectivity index is 0.000000392. The number of hydrogen-bond acceptors (Lipinski definition) is 8. The van der Waals surface area contributed by atoms with Gasteiger partial charge in [-0.05, 0) is 61.9 Å². The highest BCUT2D eigenvalue weighted by molar-refractivity contribution is 5.79. The third-order valence-electron chi connectivity index (χ3n) is 5.05. The minimum absolute atomic E-state index is 0.0170. The van der Waals surface area contributed by atoms with Crippen LogP contribution >= 0.6 is 0 Å². The molecule has 2 aromatic carbocycles. The summed E-state index contributed by atoms with van der Waals surface area (Å²) in [5.74, 6) is -0.0611. The van der Waals surface area contributed by atoms with E-state index in [-0.39, 0.29) is 5.56 Å². The Morgan fingerprint density at radius 3 is 2.61 bits per heavy atom. The molecule has 0 unspecified atom stereocenters. The number of rotatable bonds is 8. The summed E-state index contributed by atoms with van der Waals surface area (Å²) in [6.45, 7) is 4.21. The van der Waals surface area contributed by atoms with Gasteiger partial charge in [0.05, 0.1) is 34.7 Å². The molecule has 0 radical (unpaired) electrons. The van der Waals surface area contributed by atoms with Gasteiger partial charge in [-0.15, -0.1) is 0 Å². The first-order valence-electron chi connectivity index (χ1n) is 11.3. The lowest BCUT2D eigenvalue weighted by molar-refractivity contribution is -0.0538. The van der Waals surface area contributed by atoms with Crippen LogP contribution < -0.4 is 16.5 Å². The van der Waals surface area contributed by atoms with Crippen molar-refractivity contribution in [3.05, 3.63) is 83.8 Å². The lowest BCUT2D eigenvalue weighted by atomic mass is 10.1. The van der Waals surface area contributed by atoms with Gasteiger partial charge in [-0.2, -0.15) is 0 Å². The fourth-order valence-corrected chi connectivity index (χ4v) is 3.22. The van der Waals surface area contributed by atoms with Crippen LogP contribution in [-0.4, -0.2) is 40.6 Å². The molecule has 0 saturated heterocycles. The molecule has 2 aromatic heterocycles. The van der Waals surface area contributed by atoms with Gasteiger partial charge in [0.15, 0.2) is 6.29 Å². The van der Waals surface area contributed by atoms with Crippen molar-refractivity contribution in [2.45, 2.75) is 26.0 Å². The molecular weight excluding hydrogens is 461 g/mol. The van der Waals surface area contributed by atoms with Gasteiger partial charge in [0.25, 0.3) is 0 Å². The zero-order valence-corrected chi connectivity index (χ0v) is 20.5. The van der Waals surface area contributed by atoms with Gasteiger partial charge < -0.3 is 16.2 Å². The number of nitrogens with zero attached hydrogens (tertiary/aromatic N) is 2. The third-order valence-corrected chi connectivity index (χ3v) is 5.05. The van der Waals surface area contributed by atoms with Crippen LogP contribution in [0.15, 0.2) is 66.9 Å². The molecule has 0 aliphatic carbocycles. The van der Waals surface area contributed by atoms with Crippen LogP contribution in [0.2, 0.25) is 0 Å². The van der Waals surface area contributed by atoms with Crippen LogP contribution in [0.5, 0.6) is 0 Å². The molecule has 0 saturated carbocycles. The van der Waals surface area contributed by atoms with Crippen LogP contribution in [0.25, 0.3) is 22.2 Å². The fourth-order valence-electron chi connectivity index (χ4n) is 3.22. The van der Waals surface area contributed by atoms with Crippen LogP contribution in [0.1, 0.15) is 29.8 Å². The molecule has 0 aliphatic rings. The van der Waals surface area contributed by atoms with Crippen molar-refractivity contribution in [2.24, 2.45) is 0 Å². The Bertz CT molecular complexity index is 1320. The number of nitrogens with two attached hydrogens (primary N) is 1. The first-order valence-corrected chi connectivity index (χ1v) is 11.3. The van der Waals surface area contributed by atoms with E-state index in [1.807, 2.05) is 24.3 Å². The molecule has 5 N–H and O–H groups in total. The standard InChI is InChI=1S/C22H17FN4O.C5H13NO2/c23-18-11-16(4-5-17(18)13-28)21-8-6-19(24)22(27-21)26-12-14-3-7-20-15(10-14)2-1-9-25-20;1-5(2,7)4-8-6-3/h1-11,13H,12,24H2,(H,26,27);6-7H,4H2,1-3H3. The van der Waals surface area contributed by atoms with E-state index in [9.17, 15) is 9.18 Å². The Morgan fingerprint density at radius 1 is 1.14 bits per heavy atom. The average molecular weight is 492 g/mol.